The standard InChI is InChI=1S/C24H20O3/c1-16-7-6-8-18(11-16)15-26-21-12-17(2)13-22-24(21)20(14-23(25)27-22)19-9-4-3-5-10-19/h3-14H,15H2,1-2H3. The minimum atomic E-state index is -0.364. The first-order chi connectivity index (χ1) is 13.1. The molecule has 0 unspecified atom stereocenters. The first kappa shape index (κ1) is 17.1. The second-order valence-corrected chi connectivity index (χ2v) is 6.76. The van der Waals surface area contributed by atoms with E-state index in [2.05, 4.69) is 19.1 Å². The molecule has 0 saturated carbocycles. The predicted octanol–water partition coefficient (Wildman–Crippen LogP) is 5.66. The van der Waals surface area contributed by atoms with Crippen LogP contribution in [0.25, 0.3) is 22.1 Å². The molecule has 0 saturated heterocycles. The van der Waals surface area contributed by atoms with Crippen LogP contribution < -0.4 is 10.4 Å². The number of benzene rings is 3. The first-order valence-corrected chi connectivity index (χ1v) is 8.92. The molecule has 0 spiro atoms. The van der Waals surface area contributed by atoms with E-state index in [4.69, 9.17) is 9.15 Å². The highest BCUT2D eigenvalue weighted by Gasteiger charge is 2.14. The lowest BCUT2D eigenvalue weighted by molar-refractivity contribution is 0.309. The van der Waals surface area contributed by atoms with Crippen LogP contribution in [0.4, 0.5) is 0 Å². The largest absolute Gasteiger partial charge is 0.488 e. The minimum Gasteiger partial charge on any atom is -0.488 e. The summed E-state index contributed by atoms with van der Waals surface area (Å²) in [5, 5.41) is 0.819. The highest BCUT2D eigenvalue weighted by atomic mass is 16.5. The van der Waals surface area contributed by atoms with E-state index in [1.54, 1.807) is 0 Å². The summed E-state index contributed by atoms with van der Waals surface area (Å²) in [6, 6.07) is 23.5. The van der Waals surface area contributed by atoms with Gasteiger partial charge in [0.15, 0.2) is 0 Å². The summed E-state index contributed by atoms with van der Waals surface area (Å²) < 4.78 is 11.7. The van der Waals surface area contributed by atoms with Gasteiger partial charge in [-0.1, -0.05) is 60.2 Å². The molecule has 0 N–H and O–H groups in total. The van der Waals surface area contributed by atoms with Crippen molar-refractivity contribution in [1.29, 1.82) is 0 Å². The zero-order chi connectivity index (χ0) is 18.8. The van der Waals surface area contributed by atoms with E-state index in [-0.39, 0.29) is 5.63 Å². The fourth-order valence-corrected chi connectivity index (χ4v) is 3.32. The van der Waals surface area contributed by atoms with Crippen LogP contribution in [0, 0.1) is 13.8 Å². The third kappa shape index (κ3) is 3.63. The van der Waals surface area contributed by atoms with Crippen molar-refractivity contribution in [3.8, 4) is 16.9 Å². The van der Waals surface area contributed by atoms with E-state index in [0.29, 0.717) is 17.9 Å². The quantitative estimate of drug-likeness (QED) is 0.443. The molecule has 3 aromatic carbocycles. The Labute approximate surface area is 157 Å². The molecule has 0 radical (unpaired) electrons. The molecule has 1 heterocycles. The van der Waals surface area contributed by atoms with Crippen molar-refractivity contribution >= 4 is 11.0 Å². The molecular formula is C24H20O3. The van der Waals surface area contributed by atoms with Gasteiger partial charge in [0.25, 0.3) is 0 Å². The molecule has 0 bridgehead atoms. The van der Waals surface area contributed by atoms with Gasteiger partial charge < -0.3 is 9.15 Å². The normalized spacial score (nSPS) is 10.9. The van der Waals surface area contributed by atoms with E-state index in [0.717, 1.165) is 27.6 Å². The summed E-state index contributed by atoms with van der Waals surface area (Å²) in [5.74, 6) is 0.717. The van der Waals surface area contributed by atoms with E-state index >= 15 is 0 Å². The summed E-state index contributed by atoms with van der Waals surface area (Å²) in [7, 11) is 0. The van der Waals surface area contributed by atoms with Gasteiger partial charge in [-0.2, -0.15) is 0 Å². The van der Waals surface area contributed by atoms with Gasteiger partial charge in [0.05, 0.1) is 5.39 Å². The molecule has 0 fully saturated rings. The lowest BCUT2D eigenvalue weighted by atomic mass is 10.0. The van der Waals surface area contributed by atoms with Crippen molar-refractivity contribution < 1.29 is 9.15 Å². The van der Waals surface area contributed by atoms with Gasteiger partial charge in [0.2, 0.25) is 0 Å². The Kier molecular flexibility index (Phi) is 4.51. The molecule has 0 atom stereocenters. The highest BCUT2D eigenvalue weighted by Crippen LogP contribution is 2.35. The van der Waals surface area contributed by atoms with Crippen LogP contribution in [0.5, 0.6) is 5.75 Å². The van der Waals surface area contributed by atoms with E-state index in [1.165, 1.54) is 11.6 Å². The topological polar surface area (TPSA) is 39.4 Å². The van der Waals surface area contributed by atoms with Gasteiger partial charge in [-0.15, -0.1) is 0 Å². The summed E-state index contributed by atoms with van der Waals surface area (Å²) in [4.78, 5) is 12.1. The van der Waals surface area contributed by atoms with Crippen LogP contribution in [0.3, 0.4) is 0 Å². The van der Waals surface area contributed by atoms with Gasteiger partial charge in [-0.05, 0) is 42.7 Å². The van der Waals surface area contributed by atoms with Crippen LogP contribution in [-0.4, -0.2) is 0 Å². The van der Waals surface area contributed by atoms with E-state index in [9.17, 15) is 4.79 Å². The maximum absolute atomic E-state index is 12.1. The minimum absolute atomic E-state index is 0.364. The third-order valence-electron chi connectivity index (χ3n) is 4.51. The Morgan fingerprint density at radius 1 is 0.852 bits per heavy atom. The molecule has 3 heteroatoms. The second-order valence-electron chi connectivity index (χ2n) is 6.76. The predicted molar refractivity (Wildman–Crippen MR) is 108 cm³/mol. The number of rotatable bonds is 4. The molecule has 0 aliphatic carbocycles. The Balaban J connectivity index is 1.85. The van der Waals surface area contributed by atoms with Crippen molar-refractivity contribution in [3.05, 3.63) is 99.9 Å². The van der Waals surface area contributed by atoms with E-state index < -0.39 is 0 Å². The molecule has 0 aliphatic heterocycles. The second kappa shape index (κ2) is 7.12. The van der Waals surface area contributed by atoms with Crippen molar-refractivity contribution in [2.45, 2.75) is 20.5 Å². The molecule has 134 valence electrons. The molecular weight excluding hydrogens is 336 g/mol. The zero-order valence-corrected chi connectivity index (χ0v) is 15.4. The Morgan fingerprint density at radius 3 is 2.44 bits per heavy atom. The zero-order valence-electron chi connectivity index (χ0n) is 15.4. The Bertz CT molecular complexity index is 1160. The van der Waals surface area contributed by atoms with E-state index in [1.807, 2.05) is 61.5 Å². The average Bonchev–Trinajstić information content (AvgIpc) is 2.66. The molecule has 4 rings (SSSR count). The number of aryl methyl sites for hydroxylation is 2. The van der Waals surface area contributed by atoms with Gasteiger partial charge in [-0.25, -0.2) is 4.79 Å². The Hall–Kier alpha value is -3.33. The maximum Gasteiger partial charge on any atom is 0.336 e. The average molecular weight is 356 g/mol. The molecule has 0 amide bonds. The molecule has 1 aromatic heterocycles. The van der Waals surface area contributed by atoms with Crippen molar-refractivity contribution in [1.82, 2.24) is 0 Å². The third-order valence-corrected chi connectivity index (χ3v) is 4.51. The van der Waals surface area contributed by atoms with Crippen LogP contribution in [0.2, 0.25) is 0 Å². The van der Waals surface area contributed by atoms with Crippen LogP contribution in [-0.2, 0) is 6.61 Å². The lowest BCUT2D eigenvalue weighted by Crippen LogP contribution is -2.02. The van der Waals surface area contributed by atoms with Crippen molar-refractivity contribution in [2.24, 2.45) is 0 Å². The SMILES string of the molecule is Cc1cccc(COc2cc(C)cc3oc(=O)cc(-c4ccccc4)c23)c1. The smallest absolute Gasteiger partial charge is 0.336 e. The van der Waals surface area contributed by atoms with Crippen molar-refractivity contribution in [3.63, 3.8) is 0 Å². The summed E-state index contributed by atoms with van der Waals surface area (Å²) in [5.41, 5.74) is 5.23. The molecule has 27 heavy (non-hydrogen) atoms. The lowest BCUT2D eigenvalue weighted by Gasteiger charge is -2.14. The molecule has 0 aliphatic rings. The van der Waals surface area contributed by atoms with Crippen LogP contribution >= 0.6 is 0 Å². The van der Waals surface area contributed by atoms with Gasteiger partial charge in [0, 0.05) is 11.6 Å². The van der Waals surface area contributed by atoms with Crippen LogP contribution in [0.15, 0.2) is 82.0 Å². The summed E-state index contributed by atoms with van der Waals surface area (Å²) in [6.45, 7) is 4.48. The monoisotopic (exact) mass is 356 g/mol. The van der Waals surface area contributed by atoms with Crippen LogP contribution in [0.1, 0.15) is 16.7 Å². The fourth-order valence-electron chi connectivity index (χ4n) is 3.32. The number of ether oxygens (including phenoxy) is 1. The Morgan fingerprint density at radius 2 is 1.67 bits per heavy atom. The van der Waals surface area contributed by atoms with Gasteiger partial charge >= 0.3 is 5.63 Å². The number of hydrogen-bond donors (Lipinski definition) is 0. The van der Waals surface area contributed by atoms with Gasteiger partial charge in [-0.3, -0.25) is 0 Å². The van der Waals surface area contributed by atoms with Gasteiger partial charge in [0.1, 0.15) is 17.9 Å². The molecule has 4 aromatic rings. The summed E-state index contributed by atoms with van der Waals surface area (Å²) >= 11 is 0. The summed E-state index contributed by atoms with van der Waals surface area (Å²) in [6.07, 6.45) is 0. The highest BCUT2D eigenvalue weighted by molar-refractivity contribution is 5.98. The molecule has 3 nitrogen and oxygen atoms in total. The van der Waals surface area contributed by atoms with Crippen molar-refractivity contribution in [2.75, 3.05) is 0 Å². The fraction of sp³-hybridized carbons (Fsp3) is 0.125. The number of fused-ring (bicyclic) bond motifs is 1. The maximum atomic E-state index is 12.1. The first-order valence-electron chi connectivity index (χ1n) is 8.92. The number of hydrogen-bond acceptors (Lipinski definition) is 3.